The molecule has 0 radical (unpaired) electrons. The number of morpholine rings is 1. The number of hydrogen-bond acceptors (Lipinski definition) is 5. The van der Waals surface area contributed by atoms with Crippen LogP contribution in [0.3, 0.4) is 0 Å². The van der Waals surface area contributed by atoms with Gasteiger partial charge in [-0.25, -0.2) is 4.79 Å². The van der Waals surface area contributed by atoms with Crippen molar-refractivity contribution < 1.29 is 32.5 Å². The zero-order valence-electron chi connectivity index (χ0n) is 15.2. The number of nitrogens with zero attached hydrogens (tertiary/aromatic N) is 1. The van der Waals surface area contributed by atoms with Gasteiger partial charge in [0.2, 0.25) is 0 Å². The molecule has 2 aliphatic rings. The van der Waals surface area contributed by atoms with Crippen LogP contribution in [0.1, 0.15) is 39.3 Å². The quantitative estimate of drug-likeness (QED) is 0.793. The van der Waals surface area contributed by atoms with Crippen molar-refractivity contribution >= 4 is 6.09 Å². The molecule has 144 valence electrons. The van der Waals surface area contributed by atoms with E-state index < -0.39 is 24.3 Å². The van der Waals surface area contributed by atoms with Gasteiger partial charge in [-0.15, -0.1) is 0 Å². The minimum absolute atomic E-state index is 0.00537. The van der Waals surface area contributed by atoms with Crippen molar-refractivity contribution in [1.82, 2.24) is 4.90 Å². The number of carbonyl (C=O) groups excluding carboxylic acids is 1. The molecule has 0 N–H and O–H groups in total. The largest absolute Gasteiger partial charge is 0.490 e. The van der Waals surface area contributed by atoms with Crippen LogP contribution in [-0.2, 0) is 9.47 Å². The highest BCUT2D eigenvalue weighted by atomic mass is 19.3. The third-order valence-corrected chi connectivity index (χ3v) is 4.21. The molecular weight excluding hydrogens is 348 g/mol. The Kier molecular flexibility index (Phi) is 4.96. The molecule has 2 aliphatic heterocycles. The highest BCUT2D eigenvalue weighted by molar-refractivity contribution is 5.70. The molecule has 0 aliphatic carbocycles. The van der Waals surface area contributed by atoms with Crippen molar-refractivity contribution in [3.05, 3.63) is 23.8 Å². The van der Waals surface area contributed by atoms with Crippen LogP contribution in [0.25, 0.3) is 0 Å². The fourth-order valence-corrected chi connectivity index (χ4v) is 3.22. The smallest absolute Gasteiger partial charge is 0.411 e. The number of carbonyl (C=O) groups is 1. The highest BCUT2D eigenvalue weighted by Gasteiger charge is 2.45. The van der Waals surface area contributed by atoms with Gasteiger partial charge in [0.25, 0.3) is 0 Å². The Morgan fingerprint density at radius 2 is 2.04 bits per heavy atom. The summed E-state index contributed by atoms with van der Waals surface area (Å²) in [5, 5.41) is 0. The normalized spacial score (nSPS) is 25.2. The molecule has 8 heteroatoms. The Morgan fingerprint density at radius 3 is 2.69 bits per heavy atom. The first kappa shape index (κ1) is 18.7. The van der Waals surface area contributed by atoms with Crippen molar-refractivity contribution in [1.29, 1.82) is 0 Å². The van der Waals surface area contributed by atoms with Crippen LogP contribution < -0.4 is 9.47 Å². The number of fused-ring (bicyclic) bond motifs is 3. The highest BCUT2D eigenvalue weighted by Crippen LogP contribution is 2.43. The molecule has 0 aromatic heterocycles. The maximum Gasteiger partial charge on any atom is 0.411 e. The number of hydrogen-bond donors (Lipinski definition) is 0. The molecule has 1 amide bonds. The SMILES string of the molecule is C[C@@H]1CO[C@@H]2COc3cc(OC(F)F)ccc3[C@@H]2N1C(=O)OC(C)(C)C. The molecule has 0 bridgehead atoms. The fourth-order valence-electron chi connectivity index (χ4n) is 3.22. The van der Waals surface area contributed by atoms with Crippen molar-refractivity contribution in [2.24, 2.45) is 0 Å². The van der Waals surface area contributed by atoms with E-state index in [2.05, 4.69) is 4.74 Å². The van der Waals surface area contributed by atoms with E-state index in [9.17, 15) is 13.6 Å². The monoisotopic (exact) mass is 371 g/mol. The van der Waals surface area contributed by atoms with Gasteiger partial charge >= 0.3 is 12.7 Å². The van der Waals surface area contributed by atoms with E-state index in [4.69, 9.17) is 14.2 Å². The summed E-state index contributed by atoms with van der Waals surface area (Å²) < 4.78 is 46.4. The summed E-state index contributed by atoms with van der Waals surface area (Å²) in [5.41, 5.74) is 0.0494. The molecule has 0 unspecified atom stereocenters. The van der Waals surface area contributed by atoms with Crippen molar-refractivity contribution in [2.75, 3.05) is 13.2 Å². The fraction of sp³-hybridized carbons (Fsp3) is 0.611. The maximum absolute atomic E-state index is 12.8. The number of rotatable bonds is 2. The van der Waals surface area contributed by atoms with Crippen molar-refractivity contribution in [3.8, 4) is 11.5 Å². The molecule has 1 aromatic rings. The van der Waals surface area contributed by atoms with Crippen molar-refractivity contribution in [3.63, 3.8) is 0 Å². The number of alkyl halides is 2. The molecule has 0 spiro atoms. The van der Waals surface area contributed by atoms with Gasteiger partial charge in [0, 0.05) is 11.6 Å². The predicted octanol–water partition coefficient (Wildman–Crippen LogP) is 3.75. The third-order valence-electron chi connectivity index (χ3n) is 4.21. The van der Waals surface area contributed by atoms with E-state index in [1.165, 1.54) is 12.1 Å². The first-order valence-corrected chi connectivity index (χ1v) is 8.50. The van der Waals surface area contributed by atoms with Gasteiger partial charge in [-0.1, -0.05) is 0 Å². The Bertz CT molecular complexity index is 676. The molecule has 6 nitrogen and oxygen atoms in total. The van der Waals surface area contributed by atoms with Crippen LogP contribution in [0.5, 0.6) is 11.5 Å². The van der Waals surface area contributed by atoms with Crippen LogP contribution in [-0.4, -0.2) is 48.6 Å². The maximum atomic E-state index is 12.8. The Hall–Kier alpha value is -2.09. The molecule has 1 saturated heterocycles. The lowest BCUT2D eigenvalue weighted by Gasteiger charge is -2.47. The zero-order valence-corrected chi connectivity index (χ0v) is 15.2. The topological polar surface area (TPSA) is 57.2 Å². The van der Waals surface area contributed by atoms with Gasteiger partial charge in [0.15, 0.2) is 0 Å². The van der Waals surface area contributed by atoms with Gasteiger partial charge in [-0.05, 0) is 39.8 Å². The van der Waals surface area contributed by atoms with Crippen molar-refractivity contribution in [2.45, 2.75) is 58.1 Å². The van der Waals surface area contributed by atoms with Gasteiger partial charge < -0.3 is 18.9 Å². The van der Waals surface area contributed by atoms with Crippen LogP contribution in [0, 0.1) is 0 Å². The molecule has 1 fully saturated rings. The summed E-state index contributed by atoms with van der Waals surface area (Å²) in [6.07, 6.45) is -0.794. The Morgan fingerprint density at radius 1 is 1.31 bits per heavy atom. The van der Waals surface area contributed by atoms with Crippen LogP contribution in [0.15, 0.2) is 18.2 Å². The molecule has 1 aromatic carbocycles. The summed E-state index contributed by atoms with van der Waals surface area (Å²) in [7, 11) is 0. The van der Waals surface area contributed by atoms with Crippen LogP contribution in [0.4, 0.5) is 13.6 Å². The van der Waals surface area contributed by atoms with E-state index in [0.29, 0.717) is 17.9 Å². The van der Waals surface area contributed by atoms with E-state index in [0.717, 1.165) is 0 Å². The summed E-state index contributed by atoms with van der Waals surface area (Å²) in [6, 6.07) is 3.85. The summed E-state index contributed by atoms with van der Waals surface area (Å²) in [5.74, 6) is 0.404. The zero-order chi connectivity index (χ0) is 19.1. The average molecular weight is 371 g/mol. The molecule has 3 rings (SSSR count). The summed E-state index contributed by atoms with van der Waals surface area (Å²) in [6.45, 7) is 4.95. The summed E-state index contributed by atoms with van der Waals surface area (Å²) in [4.78, 5) is 14.4. The molecule has 3 atom stereocenters. The molecule has 2 heterocycles. The number of amides is 1. The Labute approximate surface area is 151 Å². The second kappa shape index (κ2) is 6.90. The summed E-state index contributed by atoms with van der Waals surface area (Å²) >= 11 is 0. The lowest BCUT2D eigenvalue weighted by molar-refractivity contribution is -0.120. The second-order valence-electron chi connectivity index (χ2n) is 7.44. The van der Waals surface area contributed by atoms with Gasteiger partial charge in [0.1, 0.15) is 29.8 Å². The minimum atomic E-state index is -2.92. The lowest BCUT2D eigenvalue weighted by atomic mass is 9.93. The first-order chi connectivity index (χ1) is 12.2. The third kappa shape index (κ3) is 3.85. The van der Waals surface area contributed by atoms with E-state index >= 15 is 0 Å². The number of halogens is 2. The number of ether oxygens (including phenoxy) is 4. The molecular formula is C18H23F2NO5. The predicted molar refractivity (Wildman–Crippen MR) is 88.6 cm³/mol. The van der Waals surface area contributed by atoms with Gasteiger partial charge in [-0.2, -0.15) is 8.78 Å². The molecule has 26 heavy (non-hydrogen) atoms. The molecule has 0 saturated carbocycles. The van der Waals surface area contributed by atoms with Crippen LogP contribution in [0.2, 0.25) is 0 Å². The van der Waals surface area contributed by atoms with Gasteiger partial charge in [-0.3, -0.25) is 4.90 Å². The van der Waals surface area contributed by atoms with Gasteiger partial charge in [0.05, 0.1) is 18.7 Å². The Balaban J connectivity index is 1.93. The van der Waals surface area contributed by atoms with E-state index in [-0.39, 0.29) is 24.5 Å². The van der Waals surface area contributed by atoms with Crippen LogP contribution >= 0.6 is 0 Å². The first-order valence-electron chi connectivity index (χ1n) is 8.50. The average Bonchev–Trinajstić information content (AvgIpc) is 2.51. The minimum Gasteiger partial charge on any atom is -0.490 e. The van der Waals surface area contributed by atoms with E-state index in [1.807, 2.05) is 6.92 Å². The van der Waals surface area contributed by atoms with E-state index in [1.54, 1.807) is 31.7 Å². The lowest BCUT2D eigenvalue weighted by Crippen LogP contribution is -2.56. The number of benzene rings is 1. The standard InChI is InChI=1S/C18H23F2NO5/c1-10-8-23-14-9-24-13-7-11(25-16(19)20)5-6-12(13)15(14)21(10)17(22)26-18(2,3)4/h5-7,10,14-16H,8-9H2,1-4H3/t10-,14-,15+/m1/s1. The second-order valence-corrected chi connectivity index (χ2v) is 7.44.